The van der Waals surface area contributed by atoms with E-state index in [9.17, 15) is 4.79 Å². The second kappa shape index (κ2) is 7.70. The summed E-state index contributed by atoms with van der Waals surface area (Å²) in [7, 11) is 0. The summed E-state index contributed by atoms with van der Waals surface area (Å²) >= 11 is 0. The van der Waals surface area contributed by atoms with Crippen LogP contribution in [0.3, 0.4) is 0 Å². The molecule has 6 heteroatoms. The van der Waals surface area contributed by atoms with Gasteiger partial charge in [-0.05, 0) is 42.2 Å². The first-order valence-corrected chi connectivity index (χ1v) is 8.09. The molecule has 0 aliphatic heterocycles. The van der Waals surface area contributed by atoms with Gasteiger partial charge in [0, 0.05) is 6.42 Å². The van der Waals surface area contributed by atoms with Gasteiger partial charge in [-0.3, -0.25) is 10.0 Å². The van der Waals surface area contributed by atoms with Crippen molar-refractivity contribution in [3.8, 4) is 5.69 Å². The van der Waals surface area contributed by atoms with Crippen LogP contribution in [-0.4, -0.2) is 26.1 Å². The molecule has 0 aliphatic carbocycles. The average Bonchev–Trinajstić information content (AvgIpc) is 3.09. The summed E-state index contributed by atoms with van der Waals surface area (Å²) in [5.74, 6) is -0.336. The number of benzene rings is 2. The molecule has 0 atom stereocenters. The van der Waals surface area contributed by atoms with Crippen LogP contribution in [0.4, 0.5) is 0 Å². The maximum atomic E-state index is 10.9. The lowest BCUT2D eigenvalue weighted by Gasteiger charge is -2.02. The van der Waals surface area contributed by atoms with Gasteiger partial charge in [-0.25, -0.2) is 10.2 Å². The van der Waals surface area contributed by atoms with E-state index in [0.717, 1.165) is 37.1 Å². The van der Waals surface area contributed by atoms with Crippen molar-refractivity contribution < 1.29 is 10.0 Å². The van der Waals surface area contributed by atoms with Crippen LogP contribution in [0.1, 0.15) is 31.4 Å². The van der Waals surface area contributed by atoms with Gasteiger partial charge in [0.1, 0.15) is 0 Å². The maximum absolute atomic E-state index is 10.9. The lowest BCUT2D eigenvalue weighted by Crippen LogP contribution is -2.17. The van der Waals surface area contributed by atoms with Crippen molar-refractivity contribution in [2.75, 3.05) is 0 Å². The highest BCUT2D eigenvalue weighted by Gasteiger charge is 2.05. The number of amides is 1. The number of aromatic nitrogens is 3. The van der Waals surface area contributed by atoms with Crippen molar-refractivity contribution in [2.45, 2.75) is 32.1 Å². The lowest BCUT2D eigenvalue weighted by molar-refractivity contribution is -0.129. The molecule has 0 saturated carbocycles. The Kier molecular flexibility index (Phi) is 5.18. The fraction of sp³-hybridized carbons (Fsp3) is 0.278. The van der Waals surface area contributed by atoms with Gasteiger partial charge >= 0.3 is 0 Å². The van der Waals surface area contributed by atoms with Crippen LogP contribution in [0.25, 0.3) is 16.5 Å². The third-order valence-electron chi connectivity index (χ3n) is 4.00. The summed E-state index contributed by atoms with van der Waals surface area (Å²) < 4.78 is 1.79. The molecule has 24 heavy (non-hydrogen) atoms. The van der Waals surface area contributed by atoms with E-state index in [1.54, 1.807) is 10.2 Å². The zero-order valence-electron chi connectivity index (χ0n) is 13.4. The molecule has 0 unspecified atom stereocenters. The normalized spacial score (nSPS) is 10.9. The van der Waals surface area contributed by atoms with Gasteiger partial charge in [0.05, 0.1) is 17.6 Å². The van der Waals surface area contributed by atoms with Crippen LogP contribution < -0.4 is 5.48 Å². The van der Waals surface area contributed by atoms with E-state index in [4.69, 9.17) is 5.21 Å². The fourth-order valence-corrected chi connectivity index (χ4v) is 2.68. The van der Waals surface area contributed by atoms with Crippen LogP contribution in [0.5, 0.6) is 0 Å². The van der Waals surface area contributed by atoms with Gasteiger partial charge in [0.2, 0.25) is 5.91 Å². The Morgan fingerprint density at radius 1 is 1.08 bits per heavy atom. The van der Waals surface area contributed by atoms with E-state index in [1.807, 2.05) is 24.4 Å². The van der Waals surface area contributed by atoms with Crippen molar-refractivity contribution in [1.82, 2.24) is 20.5 Å². The average molecular weight is 324 g/mol. The molecule has 0 spiro atoms. The molecule has 2 aromatic carbocycles. The van der Waals surface area contributed by atoms with E-state index < -0.39 is 0 Å². The number of hydroxylamine groups is 1. The Balaban J connectivity index is 1.57. The first-order chi connectivity index (χ1) is 11.8. The number of carbonyl (C=O) groups excluding carboxylic acids is 1. The predicted octanol–water partition coefficient (Wildman–Crippen LogP) is 3.03. The highest BCUT2D eigenvalue weighted by molar-refractivity contribution is 5.84. The van der Waals surface area contributed by atoms with Crippen molar-refractivity contribution in [3.63, 3.8) is 0 Å². The van der Waals surface area contributed by atoms with Crippen molar-refractivity contribution >= 4 is 16.7 Å². The molecular formula is C18H20N4O2. The molecule has 3 rings (SSSR count). The van der Waals surface area contributed by atoms with Crippen LogP contribution in [-0.2, 0) is 11.2 Å². The lowest BCUT2D eigenvalue weighted by atomic mass is 10.1. The first-order valence-electron chi connectivity index (χ1n) is 8.09. The standard InChI is InChI=1S/C18H20N4O2/c23-18(20-24)9-3-1-2-8-16-13-22(21-19-16)17-11-10-14-6-4-5-7-15(14)12-17/h4-7,10-13,24H,1-3,8-9H2,(H,20,23). The van der Waals surface area contributed by atoms with Crippen LogP contribution >= 0.6 is 0 Å². The number of nitrogens with one attached hydrogen (secondary N) is 1. The first kappa shape index (κ1) is 16.1. The third-order valence-corrected chi connectivity index (χ3v) is 4.00. The molecule has 6 nitrogen and oxygen atoms in total. The largest absolute Gasteiger partial charge is 0.289 e. The highest BCUT2D eigenvalue weighted by atomic mass is 16.5. The number of unbranched alkanes of at least 4 members (excludes halogenated alkanes) is 2. The minimum absolute atomic E-state index is 0.336. The zero-order chi connectivity index (χ0) is 16.8. The van der Waals surface area contributed by atoms with Crippen molar-refractivity contribution in [2.24, 2.45) is 0 Å². The molecule has 2 N–H and O–H groups in total. The van der Waals surface area contributed by atoms with Gasteiger partial charge in [0.25, 0.3) is 0 Å². The SMILES string of the molecule is O=C(CCCCCc1cn(-c2ccc3ccccc3c2)nn1)NO. The topological polar surface area (TPSA) is 80.0 Å². The van der Waals surface area contributed by atoms with Gasteiger partial charge < -0.3 is 0 Å². The van der Waals surface area contributed by atoms with Gasteiger partial charge in [-0.2, -0.15) is 0 Å². The Morgan fingerprint density at radius 3 is 2.75 bits per heavy atom. The summed E-state index contributed by atoms with van der Waals surface area (Å²) in [5.41, 5.74) is 3.58. The molecule has 1 heterocycles. The molecule has 0 saturated heterocycles. The Labute approximate surface area is 140 Å². The van der Waals surface area contributed by atoms with Crippen LogP contribution in [0.2, 0.25) is 0 Å². The summed E-state index contributed by atoms with van der Waals surface area (Å²) in [6, 6.07) is 14.4. The summed E-state index contributed by atoms with van der Waals surface area (Å²) in [6.07, 6.45) is 5.73. The molecule has 124 valence electrons. The number of hydrogen-bond donors (Lipinski definition) is 2. The number of hydrogen-bond acceptors (Lipinski definition) is 4. The predicted molar refractivity (Wildman–Crippen MR) is 91.0 cm³/mol. The minimum atomic E-state index is -0.336. The van der Waals surface area contributed by atoms with Gasteiger partial charge in [-0.1, -0.05) is 42.0 Å². The zero-order valence-corrected chi connectivity index (χ0v) is 13.4. The number of aryl methyl sites for hydroxylation is 1. The summed E-state index contributed by atoms with van der Waals surface area (Å²) in [5, 5.41) is 19.2. The number of rotatable bonds is 7. The molecule has 0 radical (unpaired) electrons. The quantitative estimate of drug-likeness (QED) is 0.398. The monoisotopic (exact) mass is 324 g/mol. The number of carbonyl (C=O) groups is 1. The molecule has 0 bridgehead atoms. The van der Waals surface area contributed by atoms with E-state index in [2.05, 4.69) is 34.6 Å². The molecule has 3 aromatic rings. The van der Waals surface area contributed by atoms with Crippen LogP contribution in [0, 0.1) is 0 Å². The third kappa shape index (κ3) is 3.97. The smallest absolute Gasteiger partial charge is 0.243 e. The van der Waals surface area contributed by atoms with Crippen molar-refractivity contribution in [3.05, 3.63) is 54.4 Å². The molecule has 0 aliphatic rings. The molecule has 0 fully saturated rings. The van der Waals surface area contributed by atoms with Gasteiger partial charge in [0.15, 0.2) is 0 Å². The summed E-state index contributed by atoms with van der Waals surface area (Å²) in [6.45, 7) is 0. The molecular weight excluding hydrogens is 304 g/mol. The second-order valence-electron chi connectivity index (χ2n) is 5.78. The molecule has 1 amide bonds. The van der Waals surface area contributed by atoms with Crippen LogP contribution in [0.15, 0.2) is 48.7 Å². The Morgan fingerprint density at radius 2 is 1.92 bits per heavy atom. The summed E-state index contributed by atoms with van der Waals surface area (Å²) in [4.78, 5) is 10.9. The Bertz CT molecular complexity index is 829. The van der Waals surface area contributed by atoms with E-state index in [-0.39, 0.29) is 5.91 Å². The van der Waals surface area contributed by atoms with Crippen molar-refractivity contribution in [1.29, 1.82) is 0 Å². The molecule has 1 aromatic heterocycles. The Hall–Kier alpha value is -2.73. The maximum Gasteiger partial charge on any atom is 0.243 e. The van der Waals surface area contributed by atoms with Gasteiger partial charge in [-0.15, -0.1) is 5.10 Å². The van der Waals surface area contributed by atoms with E-state index in [0.29, 0.717) is 6.42 Å². The highest BCUT2D eigenvalue weighted by Crippen LogP contribution is 2.18. The van der Waals surface area contributed by atoms with E-state index >= 15 is 0 Å². The second-order valence-corrected chi connectivity index (χ2v) is 5.78. The minimum Gasteiger partial charge on any atom is -0.289 e. The van der Waals surface area contributed by atoms with E-state index in [1.165, 1.54) is 10.8 Å². The number of fused-ring (bicyclic) bond motifs is 1. The number of nitrogens with zero attached hydrogens (tertiary/aromatic N) is 3. The fourth-order valence-electron chi connectivity index (χ4n) is 2.68.